The van der Waals surface area contributed by atoms with Gasteiger partial charge in [-0.05, 0) is 43.2 Å². The molecule has 1 amide bonds. The van der Waals surface area contributed by atoms with Crippen molar-refractivity contribution >= 4 is 34.4 Å². The largest absolute Gasteiger partial charge is 0.423 e. The number of esters is 1. The molecular formula is C31H25NO7. The summed E-state index contributed by atoms with van der Waals surface area (Å²) in [6.45, 7) is 0. The average molecular weight is 524 g/mol. The van der Waals surface area contributed by atoms with E-state index in [4.69, 9.17) is 9.15 Å². The smallest absolute Gasteiger partial charge is 0.349 e. The van der Waals surface area contributed by atoms with Crippen LogP contribution in [0, 0.1) is 0 Å². The highest BCUT2D eigenvalue weighted by atomic mass is 16.5. The number of ketones is 2. The number of carbonyl (C=O) groups is 4. The minimum absolute atomic E-state index is 0.0553. The number of rotatable bonds is 7. The fourth-order valence-electron chi connectivity index (χ4n) is 4.60. The fourth-order valence-corrected chi connectivity index (χ4v) is 4.60. The number of fused-ring (bicyclic) bond motifs is 1. The predicted molar refractivity (Wildman–Crippen MR) is 143 cm³/mol. The minimum atomic E-state index is -0.774. The third kappa shape index (κ3) is 5.85. The lowest BCUT2D eigenvalue weighted by molar-refractivity contribution is 0.0734. The zero-order valence-electron chi connectivity index (χ0n) is 21.0. The molecule has 0 spiro atoms. The Bertz CT molecular complexity index is 1610. The first-order chi connectivity index (χ1) is 18.9. The highest BCUT2D eigenvalue weighted by Crippen LogP contribution is 2.23. The molecule has 0 radical (unpaired) electrons. The number of carbonyl (C=O) groups excluding carboxylic acids is 4. The van der Waals surface area contributed by atoms with Crippen LogP contribution in [0.15, 0.2) is 88.1 Å². The van der Waals surface area contributed by atoms with Gasteiger partial charge in [0.25, 0.3) is 5.91 Å². The maximum atomic E-state index is 12.7. The highest BCUT2D eigenvalue weighted by Gasteiger charge is 2.21. The topological polar surface area (TPSA) is 120 Å². The molecule has 1 aliphatic carbocycles. The molecular weight excluding hydrogens is 498 g/mol. The van der Waals surface area contributed by atoms with Crippen LogP contribution in [0.25, 0.3) is 11.0 Å². The summed E-state index contributed by atoms with van der Waals surface area (Å²) >= 11 is 0. The number of Topliss-reactive ketones (excluding diaryl/α,β-unsaturated/α-hetero) is 2. The van der Waals surface area contributed by atoms with Gasteiger partial charge in [0.1, 0.15) is 16.9 Å². The van der Waals surface area contributed by atoms with Gasteiger partial charge in [0.2, 0.25) is 11.6 Å². The number of hydrogen-bond donors (Lipinski definition) is 1. The standard InChI is InChI=1S/C31H25NO7/c33-27(19-7-3-1-4-8-19)28(34)20-11-13-21(14-12-20)30(36)38-24-16-15-22-17-25(31(37)39-26(22)18-24)29(35)32-23-9-5-2-6-10-23/h1,3-4,7-8,11-18,23H,2,5-6,9-10H2,(H,32,35). The molecule has 5 rings (SSSR count). The number of amides is 1. The average Bonchev–Trinajstić information content (AvgIpc) is 2.97. The van der Waals surface area contributed by atoms with Gasteiger partial charge in [0, 0.05) is 28.6 Å². The summed E-state index contributed by atoms with van der Waals surface area (Å²) in [4.78, 5) is 62.7. The van der Waals surface area contributed by atoms with Crippen LogP contribution in [0.3, 0.4) is 0 Å². The van der Waals surface area contributed by atoms with E-state index in [9.17, 15) is 24.0 Å². The van der Waals surface area contributed by atoms with Crippen molar-refractivity contribution in [3.8, 4) is 5.75 Å². The van der Waals surface area contributed by atoms with Crippen LogP contribution in [0.4, 0.5) is 0 Å². The Kier molecular flexibility index (Phi) is 7.45. The molecule has 0 atom stereocenters. The molecule has 8 heteroatoms. The summed E-state index contributed by atoms with van der Waals surface area (Å²) in [5.74, 6) is -2.35. The maximum absolute atomic E-state index is 12.7. The molecule has 1 N–H and O–H groups in total. The first-order valence-electron chi connectivity index (χ1n) is 12.7. The van der Waals surface area contributed by atoms with E-state index in [2.05, 4.69) is 5.32 Å². The molecule has 8 nitrogen and oxygen atoms in total. The fraction of sp³-hybridized carbons (Fsp3) is 0.194. The van der Waals surface area contributed by atoms with Gasteiger partial charge < -0.3 is 14.5 Å². The van der Waals surface area contributed by atoms with E-state index in [1.807, 2.05) is 0 Å². The predicted octanol–water partition coefficient (Wildman–Crippen LogP) is 5.14. The van der Waals surface area contributed by atoms with Crippen molar-refractivity contribution in [3.63, 3.8) is 0 Å². The number of nitrogens with one attached hydrogen (secondary N) is 1. The van der Waals surface area contributed by atoms with Gasteiger partial charge in [0.15, 0.2) is 0 Å². The summed E-state index contributed by atoms with van der Waals surface area (Å²) in [7, 11) is 0. The summed E-state index contributed by atoms with van der Waals surface area (Å²) in [6, 6.07) is 19.8. The Hall–Kier alpha value is -4.85. The van der Waals surface area contributed by atoms with Crippen molar-refractivity contribution in [2.75, 3.05) is 0 Å². The summed E-state index contributed by atoms with van der Waals surface area (Å²) in [5.41, 5.74) is -0.0835. The van der Waals surface area contributed by atoms with E-state index in [0.717, 1.165) is 32.1 Å². The van der Waals surface area contributed by atoms with E-state index in [1.165, 1.54) is 42.5 Å². The van der Waals surface area contributed by atoms with Crippen molar-refractivity contribution in [3.05, 3.63) is 112 Å². The number of hydrogen-bond acceptors (Lipinski definition) is 7. The molecule has 1 aliphatic rings. The third-order valence-corrected chi connectivity index (χ3v) is 6.73. The van der Waals surface area contributed by atoms with E-state index in [0.29, 0.717) is 5.39 Å². The maximum Gasteiger partial charge on any atom is 0.349 e. The molecule has 0 saturated heterocycles. The SMILES string of the molecule is O=C(Oc1ccc2cc(C(=O)NC3CCCCC3)c(=O)oc2c1)c1ccc(C(=O)C(=O)c2ccccc2)cc1. The van der Waals surface area contributed by atoms with Gasteiger partial charge in [0.05, 0.1) is 5.56 Å². The van der Waals surface area contributed by atoms with Crippen molar-refractivity contribution in [2.24, 2.45) is 0 Å². The first-order valence-corrected chi connectivity index (χ1v) is 12.7. The Labute approximate surface area is 223 Å². The molecule has 1 fully saturated rings. The minimum Gasteiger partial charge on any atom is -0.423 e. The Morgan fingerprint density at radius 3 is 2.08 bits per heavy atom. The molecule has 1 saturated carbocycles. The quantitative estimate of drug-likeness (QED) is 0.117. The zero-order chi connectivity index (χ0) is 27.4. The molecule has 1 aromatic heterocycles. The monoisotopic (exact) mass is 523 g/mol. The molecule has 4 aromatic rings. The lowest BCUT2D eigenvalue weighted by atomic mass is 9.95. The Morgan fingerprint density at radius 1 is 0.744 bits per heavy atom. The van der Waals surface area contributed by atoms with Crippen LogP contribution < -0.4 is 15.7 Å². The van der Waals surface area contributed by atoms with Crippen molar-refractivity contribution in [1.29, 1.82) is 0 Å². The van der Waals surface area contributed by atoms with Gasteiger partial charge >= 0.3 is 11.6 Å². The lowest BCUT2D eigenvalue weighted by Crippen LogP contribution is -2.38. The van der Waals surface area contributed by atoms with Gasteiger partial charge in [-0.3, -0.25) is 14.4 Å². The highest BCUT2D eigenvalue weighted by molar-refractivity contribution is 6.49. The molecule has 3 aromatic carbocycles. The second-order valence-electron chi connectivity index (χ2n) is 9.45. The molecule has 0 aliphatic heterocycles. The zero-order valence-corrected chi connectivity index (χ0v) is 21.0. The number of ether oxygens (including phenoxy) is 1. The third-order valence-electron chi connectivity index (χ3n) is 6.73. The van der Waals surface area contributed by atoms with Crippen LogP contribution in [0.5, 0.6) is 5.75 Å². The van der Waals surface area contributed by atoms with Gasteiger partial charge in [-0.25, -0.2) is 9.59 Å². The lowest BCUT2D eigenvalue weighted by Gasteiger charge is -2.22. The van der Waals surface area contributed by atoms with Crippen LogP contribution in [0.1, 0.15) is 73.5 Å². The Balaban J connectivity index is 1.27. The second-order valence-corrected chi connectivity index (χ2v) is 9.45. The second kappa shape index (κ2) is 11.3. The van der Waals surface area contributed by atoms with Gasteiger partial charge in [-0.15, -0.1) is 0 Å². The summed E-state index contributed by atoms with van der Waals surface area (Å²) < 4.78 is 10.8. The van der Waals surface area contributed by atoms with Crippen LogP contribution in [0.2, 0.25) is 0 Å². The van der Waals surface area contributed by atoms with E-state index < -0.39 is 29.1 Å². The Morgan fingerprint density at radius 2 is 1.38 bits per heavy atom. The van der Waals surface area contributed by atoms with Crippen molar-refractivity contribution in [1.82, 2.24) is 5.32 Å². The number of benzene rings is 3. The van der Waals surface area contributed by atoms with E-state index >= 15 is 0 Å². The van der Waals surface area contributed by atoms with Crippen molar-refractivity contribution < 1.29 is 28.3 Å². The summed E-state index contributed by atoms with van der Waals surface area (Å²) in [5, 5.41) is 3.42. The summed E-state index contributed by atoms with van der Waals surface area (Å²) in [6.07, 6.45) is 5.04. The van der Waals surface area contributed by atoms with E-state index in [-0.39, 0.29) is 39.6 Å². The molecule has 39 heavy (non-hydrogen) atoms. The molecule has 1 heterocycles. The molecule has 0 bridgehead atoms. The van der Waals surface area contributed by atoms with Gasteiger partial charge in [-0.2, -0.15) is 0 Å². The molecule has 196 valence electrons. The van der Waals surface area contributed by atoms with E-state index in [1.54, 1.807) is 36.4 Å². The van der Waals surface area contributed by atoms with Crippen LogP contribution in [-0.2, 0) is 0 Å². The first kappa shape index (κ1) is 25.8. The van der Waals surface area contributed by atoms with Crippen molar-refractivity contribution in [2.45, 2.75) is 38.1 Å². The van der Waals surface area contributed by atoms with Crippen LogP contribution >= 0.6 is 0 Å². The van der Waals surface area contributed by atoms with Gasteiger partial charge in [-0.1, -0.05) is 61.7 Å². The normalized spacial score (nSPS) is 13.5. The van der Waals surface area contributed by atoms with Crippen LogP contribution in [-0.4, -0.2) is 29.5 Å². The molecule has 0 unspecified atom stereocenters.